The lowest BCUT2D eigenvalue weighted by atomic mass is 9.97. The maximum atomic E-state index is 10.4. The van der Waals surface area contributed by atoms with Gasteiger partial charge < -0.3 is 19.4 Å². The highest BCUT2D eigenvalue weighted by molar-refractivity contribution is 5.56. The molecule has 0 aliphatic rings. The molecule has 0 bridgehead atoms. The molecule has 1 rings (SSSR count). The number of ether oxygens (including phenoxy) is 2. The molecular formula is C12H16O4. The van der Waals surface area contributed by atoms with Crippen LogP contribution in [-0.4, -0.2) is 25.6 Å². The predicted molar refractivity (Wildman–Crippen MR) is 60.3 cm³/mol. The average molecular weight is 224 g/mol. The molecule has 1 aromatic rings. The molecule has 0 saturated carbocycles. The van der Waals surface area contributed by atoms with Gasteiger partial charge >= 0.3 is 0 Å². The zero-order valence-corrected chi connectivity index (χ0v) is 9.69. The van der Waals surface area contributed by atoms with Gasteiger partial charge in [-0.2, -0.15) is 0 Å². The van der Waals surface area contributed by atoms with Crippen LogP contribution in [0.3, 0.4) is 0 Å². The summed E-state index contributed by atoms with van der Waals surface area (Å²) in [4.78, 5) is 10.4. The summed E-state index contributed by atoms with van der Waals surface area (Å²) in [6.45, 7) is 1.91. The summed E-state index contributed by atoms with van der Waals surface area (Å²) in [5, 5.41) is 9.73. The number of rotatable bonds is 5. The number of carbonyl (C=O) groups is 1. The van der Waals surface area contributed by atoms with Crippen LogP contribution in [0.2, 0.25) is 0 Å². The fourth-order valence-corrected chi connectivity index (χ4v) is 1.53. The number of aromatic hydroxyl groups is 1. The van der Waals surface area contributed by atoms with Crippen LogP contribution >= 0.6 is 0 Å². The van der Waals surface area contributed by atoms with Gasteiger partial charge in [0, 0.05) is 6.42 Å². The Bertz CT molecular complexity index is 374. The lowest BCUT2D eigenvalue weighted by molar-refractivity contribution is -0.108. The number of phenolic OH excluding ortho intramolecular Hbond substituents is 1. The van der Waals surface area contributed by atoms with E-state index in [9.17, 15) is 9.90 Å². The van der Waals surface area contributed by atoms with Crippen molar-refractivity contribution in [3.8, 4) is 17.2 Å². The largest absolute Gasteiger partial charge is 0.504 e. The number of hydrogen-bond donors (Lipinski definition) is 1. The van der Waals surface area contributed by atoms with E-state index in [1.54, 1.807) is 12.1 Å². The van der Waals surface area contributed by atoms with Gasteiger partial charge in [0.15, 0.2) is 11.5 Å². The third kappa shape index (κ3) is 2.45. The molecule has 0 amide bonds. The lowest BCUT2D eigenvalue weighted by Gasteiger charge is -2.14. The van der Waals surface area contributed by atoms with Crippen LogP contribution in [0.1, 0.15) is 24.8 Å². The van der Waals surface area contributed by atoms with Crippen LogP contribution in [0, 0.1) is 0 Å². The second-order valence-electron chi connectivity index (χ2n) is 3.58. The Hall–Kier alpha value is -1.71. The number of hydrogen-bond acceptors (Lipinski definition) is 4. The highest BCUT2D eigenvalue weighted by Gasteiger charge is 2.14. The number of phenols is 1. The van der Waals surface area contributed by atoms with Crippen LogP contribution in [0.4, 0.5) is 0 Å². The number of aldehydes is 1. The summed E-state index contributed by atoms with van der Waals surface area (Å²) < 4.78 is 10.1. The summed E-state index contributed by atoms with van der Waals surface area (Å²) in [6.07, 6.45) is 1.27. The Morgan fingerprint density at radius 1 is 1.38 bits per heavy atom. The number of benzene rings is 1. The molecule has 0 radical (unpaired) electrons. The predicted octanol–water partition coefficient (Wildman–Crippen LogP) is 2.10. The third-order valence-corrected chi connectivity index (χ3v) is 2.50. The Balaban J connectivity index is 3.14. The molecule has 88 valence electrons. The maximum Gasteiger partial charge on any atom is 0.203 e. The van der Waals surface area contributed by atoms with E-state index in [0.717, 1.165) is 11.8 Å². The zero-order valence-electron chi connectivity index (χ0n) is 9.69. The molecule has 0 spiro atoms. The van der Waals surface area contributed by atoms with Gasteiger partial charge in [-0.1, -0.05) is 6.92 Å². The van der Waals surface area contributed by atoms with E-state index in [-0.39, 0.29) is 11.7 Å². The first-order chi connectivity index (χ1) is 7.63. The smallest absolute Gasteiger partial charge is 0.203 e. The SMILES string of the molecule is COc1cc(C(C)CC=O)cc(O)c1OC. The summed E-state index contributed by atoms with van der Waals surface area (Å²) >= 11 is 0. The minimum absolute atomic E-state index is 0.0228. The van der Waals surface area contributed by atoms with Crippen LogP contribution in [0.5, 0.6) is 17.2 Å². The van der Waals surface area contributed by atoms with Gasteiger partial charge in [0.1, 0.15) is 6.29 Å². The van der Waals surface area contributed by atoms with Gasteiger partial charge in [-0.3, -0.25) is 0 Å². The van der Waals surface area contributed by atoms with Gasteiger partial charge in [-0.15, -0.1) is 0 Å². The van der Waals surface area contributed by atoms with Crippen molar-refractivity contribution in [3.63, 3.8) is 0 Å². The fraction of sp³-hybridized carbons (Fsp3) is 0.417. The minimum Gasteiger partial charge on any atom is -0.504 e. The van der Waals surface area contributed by atoms with Crippen molar-refractivity contribution in [2.75, 3.05) is 14.2 Å². The fourth-order valence-electron chi connectivity index (χ4n) is 1.53. The summed E-state index contributed by atoms with van der Waals surface area (Å²) in [6, 6.07) is 3.36. The molecule has 0 heterocycles. The van der Waals surface area contributed by atoms with Crippen LogP contribution in [-0.2, 0) is 4.79 Å². The Kier molecular flexibility index (Phi) is 4.17. The number of methoxy groups -OCH3 is 2. The first-order valence-electron chi connectivity index (χ1n) is 5.02. The molecule has 1 N–H and O–H groups in total. The van der Waals surface area contributed by atoms with Crippen LogP contribution < -0.4 is 9.47 Å². The van der Waals surface area contributed by atoms with Crippen molar-refractivity contribution in [1.82, 2.24) is 0 Å². The van der Waals surface area contributed by atoms with Crippen LogP contribution in [0.25, 0.3) is 0 Å². The molecule has 1 atom stereocenters. The van der Waals surface area contributed by atoms with E-state index in [1.807, 2.05) is 6.92 Å². The third-order valence-electron chi connectivity index (χ3n) is 2.50. The minimum atomic E-state index is 0.0228. The van der Waals surface area contributed by atoms with Gasteiger partial charge in [-0.25, -0.2) is 0 Å². The van der Waals surface area contributed by atoms with E-state index >= 15 is 0 Å². The average Bonchev–Trinajstić information content (AvgIpc) is 2.28. The van der Waals surface area contributed by atoms with E-state index in [4.69, 9.17) is 9.47 Å². The van der Waals surface area contributed by atoms with Crippen LogP contribution in [0.15, 0.2) is 12.1 Å². The molecule has 0 aromatic heterocycles. The van der Waals surface area contributed by atoms with Crippen molar-refractivity contribution in [2.24, 2.45) is 0 Å². The van der Waals surface area contributed by atoms with E-state index in [0.29, 0.717) is 17.9 Å². The van der Waals surface area contributed by atoms with E-state index < -0.39 is 0 Å². The maximum absolute atomic E-state index is 10.4. The molecule has 4 heteroatoms. The normalized spacial score (nSPS) is 11.9. The van der Waals surface area contributed by atoms with Crippen molar-refractivity contribution < 1.29 is 19.4 Å². The van der Waals surface area contributed by atoms with Crippen molar-refractivity contribution in [2.45, 2.75) is 19.3 Å². The topological polar surface area (TPSA) is 55.8 Å². The first-order valence-corrected chi connectivity index (χ1v) is 5.02. The van der Waals surface area contributed by atoms with E-state index in [1.165, 1.54) is 14.2 Å². The molecular weight excluding hydrogens is 208 g/mol. The van der Waals surface area contributed by atoms with Gasteiger partial charge in [0.2, 0.25) is 5.75 Å². The molecule has 4 nitrogen and oxygen atoms in total. The first kappa shape index (κ1) is 12.4. The second-order valence-corrected chi connectivity index (χ2v) is 3.58. The zero-order chi connectivity index (χ0) is 12.1. The molecule has 0 saturated heterocycles. The van der Waals surface area contributed by atoms with Crippen molar-refractivity contribution in [1.29, 1.82) is 0 Å². The molecule has 16 heavy (non-hydrogen) atoms. The summed E-state index contributed by atoms with van der Waals surface area (Å²) in [7, 11) is 2.97. The Labute approximate surface area is 94.8 Å². The molecule has 1 aromatic carbocycles. The second kappa shape index (κ2) is 5.39. The highest BCUT2D eigenvalue weighted by atomic mass is 16.5. The Morgan fingerprint density at radius 3 is 2.56 bits per heavy atom. The van der Waals surface area contributed by atoms with Crippen molar-refractivity contribution in [3.05, 3.63) is 17.7 Å². The standard InChI is InChI=1S/C12H16O4/c1-8(4-5-13)9-6-10(14)12(16-3)11(7-9)15-2/h5-8,14H,4H2,1-3H3. The van der Waals surface area contributed by atoms with E-state index in [2.05, 4.69) is 0 Å². The van der Waals surface area contributed by atoms with Gasteiger partial charge in [0.05, 0.1) is 14.2 Å². The molecule has 1 unspecified atom stereocenters. The molecule has 0 aliphatic heterocycles. The van der Waals surface area contributed by atoms with Gasteiger partial charge in [-0.05, 0) is 23.6 Å². The lowest BCUT2D eigenvalue weighted by Crippen LogP contribution is -1.97. The molecule has 0 aliphatic carbocycles. The Morgan fingerprint density at radius 2 is 2.06 bits per heavy atom. The summed E-state index contributed by atoms with van der Waals surface area (Å²) in [5.41, 5.74) is 0.849. The highest BCUT2D eigenvalue weighted by Crippen LogP contribution is 2.39. The molecule has 0 fully saturated rings. The quantitative estimate of drug-likeness (QED) is 0.778. The van der Waals surface area contributed by atoms with Crippen molar-refractivity contribution >= 4 is 6.29 Å². The van der Waals surface area contributed by atoms with Gasteiger partial charge in [0.25, 0.3) is 0 Å². The monoisotopic (exact) mass is 224 g/mol. The number of carbonyl (C=O) groups excluding carboxylic acids is 1. The summed E-state index contributed by atoms with van der Waals surface area (Å²) in [5.74, 6) is 0.845.